The van der Waals surface area contributed by atoms with Gasteiger partial charge in [0.15, 0.2) is 0 Å². The molecule has 0 bridgehead atoms. The molecule has 0 amide bonds. The van der Waals surface area contributed by atoms with Crippen molar-refractivity contribution >= 4 is 45.7 Å². The first-order chi connectivity index (χ1) is 16.3. The number of likely N-dealkylation sites (tertiary alicyclic amines) is 1. The normalized spacial score (nSPS) is 21.6. The standard InChI is InChI=1S/C24H32Cl2FN5OS/c1-3-20-16-31(24-22(26)13-19(14-28-24)29-34(2)33)10-11-32(20)21-6-8-30(9-7-21)15-17-4-5-18(25)12-23(17)27/h4-5,12-14,20-21,29H,3,6-11,15-16H2,1-2H3. The molecule has 2 unspecified atom stereocenters. The second kappa shape index (κ2) is 11.5. The van der Waals surface area contributed by atoms with Crippen LogP contribution in [0.3, 0.4) is 0 Å². The Hall–Kier alpha value is -1.45. The van der Waals surface area contributed by atoms with E-state index in [1.807, 2.05) is 0 Å². The van der Waals surface area contributed by atoms with E-state index in [2.05, 4.69) is 31.3 Å². The predicted molar refractivity (Wildman–Crippen MR) is 140 cm³/mol. The predicted octanol–water partition coefficient (Wildman–Crippen LogP) is 4.80. The van der Waals surface area contributed by atoms with E-state index in [1.54, 1.807) is 30.7 Å². The summed E-state index contributed by atoms with van der Waals surface area (Å²) in [6.45, 7) is 7.50. The van der Waals surface area contributed by atoms with Crippen molar-refractivity contribution in [1.82, 2.24) is 14.8 Å². The fourth-order valence-electron chi connectivity index (χ4n) is 5.09. The van der Waals surface area contributed by atoms with Gasteiger partial charge >= 0.3 is 0 Å². The Balaban J connectivity index is 1.34. The Bertz CT molecular complexity index is 1020. The van der Waals surface area contributed by atoms with Gasteiger partial charge in [-0.25, -0.2) is 13.6 Å². The Morgan fingerprint density at radius 3 is 2.59 bits per heavy atom. The third-order valence-corrected chi connectivity index (χ3v) is 7.85. The molecule has 34 heavy (non-hydrogen) atoms. The lowest BCUT2D eigenvalue weighted by Crippen LogP contribution is -2.58. The van der Waals surface area contributed by atoms with E-state index in [9.17, 15) is 8.60 Å². The maximum Gasteiger partial charge on any atom is 0.147 e. The third-order valence-electron chi connectivity index (χ3n) is 6.82. The molecule has 6 nitrogen and oxygen atoms in total. The van der Waals surface area contributed by atoms with Crippen LogP contribution in [0.15, 0.2) is 30.5 Å². The number of hydrogen-bond acceptors (Lipinski definition) is 5. The highest BCUT2D eigenvalue weighted by Crippen LogP contribution is 2.31. The number of benzene rings is 1. The van der Waals surface area contributed by atoms with Gasteiger partial charge in [0.2, 0.25) is 0 Å². The van der Waals surface area contributed by atoms with Crippen molar-refractivity contribution in [3.8, 4) is 0 Å². The van der Waals surface area contributed by atoms with E-state index in [0.29, 0.717) is 39.9 Å². The van der Waals surface area contributed by atoms with E-state index in [4.69, 9.17) is 23.2 Å². The largest absolute Gasteiger partial charge is 0.353 e. The number of halogens is 3. The number of pyridine rings is 1. The number of piperidine rings is 1. The lowest BCUT2D eigenvalue weighted by atomic mass is 9.97. The van der Waals surface area contributed by atoms with Crippen LogP contribution in [0.4, 0.5) is 15.9 Å². The zero-order valence-electron chi connectivity index (χ0n) is 19.6. The summed E-state index contributed by atoms with van der Waals surface area (Å²) in [5.74, 6) is 0.558. The van der Waals surface area contributed by atoms with Crippen LogP contribution in [0.2, 0.25) is 10.0 Å². The topological polar surface area (TPSA) is 51.7 Å². The van der Waals surface area contributed by atoms with Crippen molar-refractivity contribution in [2.45, 2.75) is 44.8 Å². The highest BCUT2D eigenvalue weighted by Gasteiger charge is 2.34. The van der Waals surface area contributed by atoms with Gasteiger partial charge in [0.25, 0.3) is 0 Å². The zero-order valence-corrected chi connectivity index (χ0v) is 22.0. The van der Waals surface area contributed by atoms with Crippen molar-refractivity contribution in [3.63, 3.8) is 0 Å². The van der Waals surface area contributed by atoms with Crippen LogP contribution in [0.25, 0.3) is 0 Å². The summed E-state index contributed by atoms with van der Waals surface area (Å²) in [7, 11) is -1.16. The first-order valence-electron chi connectivity index (χ1n) is 11.8. The summed E-state index contributed by atoms with van der Waals surface area (Å²) in [4.78, 5) is 11.8. The van der Waals surface area contributed by atoms with E-state index >= 15 is 0 Å². The summed E-state index contributed by atoms with van der Waals surface area (Å²) in [5.41, 5.74) is 1.36. The molecule has 2 saturated heterocycles. The van der Waals surface area contributed by atoms with E-state index in [-0.39, 0.29) is 5.82 Å². The van der Waals surface area contributed by atoms with Crippen molar-refractivity contribution in [1.29, 1.82) is 0 Å². The van der Waals surface area contributed by atoms with Crippen LogP contribution in [0, 0.1) is 5.82 Å². The van der Waals surface area contributed by atoms with Crippen LogP contribution in [-0.4, -0.2) is 70.1 Å². The SMILES string of the molecule is CCC1CN(c2ncc(NS(C)=O)cc2Cl)CCN1C1CCN(Cc2ccc(Cl)cc2F)CC1. The number of anilines is 2. The Kier molecular flexibility index (Phi) is 8.69. The van der Waals surface area contributed by atoms with Crippen molar-refractivity contribution in [3.05, 3.63) is 51.9 Å². The van der Waals surface area contributed by atoms with Gasteiger partial charge in [0.1, 0.15) is 22.6 Å². The molecule has 2 fully saturated rings. The highest BCUT2D eigenvalue weighted by atomic mass is 35.5. The molecule has 1 aromatic heterocycles. The fourth-order valence-corrected chi connectivity index (χ4v) is 5.98. The molecule has 10 heteroatoms. The Morgan fingerprint density at radius 2 is 1.94 bits per heavy atom. The molecule has 186 valence electrons. The van der Waals surface area contributed by atoms with E-state index in [1.165, 1.54) is 6.07 Å². The fraction of sp³-hybridized carbons (Fsp3) is 0.542. The minimum atomic E-state index is -1.16. The first kappa shape index (κ1) is 25.6. The third kappa shape index (κ3) is 6.21. The molecule has 1 N–H and O–H groups in total. The molecule has 2 aromatic rings. The van der Waals surface area contributed by atoms with Gasteiger partial charge in [-0.15, -0.1) is 0 Å². The summed E-state index contributed by atoms with van der Waals surface area (Å²) < 4.78 is 28.4. The van der Waals surface area contributed by atoms with Crippen LogP contribution in [0.5, 0.6) is 0 Å². The van der Waals surface area contributed by atoms with Gasteiger partial charge in [-0.1, -0.05) is 36.2 Å². The lowest BCUT2D eigenvalue weighted by Gasteiger charge is -2.47. The van der Waals surface area contributed by atoms with Crippen molar-refractivity contribution in [2.75, 3.05) is 48.6 Å². The van der Waals surface area contributed by atoms with Gasteiger partial charge in [-0.05, 0) is 50.6 Å². The maximum absolute atomic E-state index is 14.2. The second-order valence-corrected chi connectivity index (χ2v) is 11.0. The molecule has 3 heterocycles. The van der Waals surface area contributed by atoms with Gasteiger partial charge < -0.3 is 9.62 Å². The minimum absolute atomic E-state index is 0.226. The monoisotopic (exact) mass is 527 g/mol. The second-order valence-electron chi connectivity index (χ2n) is 9.07. The van der Waals surface area contributed by atoms with Gasteiger partial charge in [0.05, 0.1) is 16.9 Å². The van der Waals surface area contributed by atoms with Crippen molar-refractivity contribution in [2.24, 2.45) is 0 Å². The molecule has 4 rings (SSSR count). The number of rotatable bonds is 7. The molecule has 2 aliphatic rings. The number of nitrogens with one attached hydrogen (secondary N) is 1. The van der Waals surface area contributed by atoms with E-state index < -0.39 is 11.0 Å². The summed E-state index contributed by atoms with van der Waals surface area (Å²) in [5, 5.41) is 1.01. The molecular weight excluding hydrogens is 496 g/mol. The van der Waals surface area contributed by atoms with E-state index in [0.717, 1.165) is 57.8 Å². The first-order valence-corrected chi connectivity index (χ1v) is 14.1. The molecule has 0 aliphatic carbocycles. The smallest absolute Gasteiger partial charge is 0.147 e. The molecule has 0 saturated carbocycles. The molecule has 0 radical (unpaired) electrons. The number of nitrogens with zero attached hydrogens (tertiary/aromatic N) is 4. The van der Waals surface area contributed by atoms with Crippen LogP contribution in [-0.2, 0) is 17.5 Å². The van der Waals surface area contributed by atoms with Crippen LogP contribution >= 0.6 is 23.2 Å². The number of hydrogen-bond donors (Lipinski definition) is 1. The Morgan fingerprint density at radius 1 is 1.18 bits per heavy atom. The number of piperazine rings is 1. The van der Waals surface area contributed by atoms with Crippen LogP contribution in [0.1, 0.15) is 31.7 Å². The average Bonchev–Trinajstić information content (AvgIpc) is 2.81. The summed E-state index contributed by atoms with van der Waals surface area (Å²) in [6, 6.07) is 7.70. The molecular formula is C24H32Cl2FN5OS. The molecule has 0 spiro atoms. The zero-order chi connectivity index (χ0) is 24.2. The summed E-state index contributed by atoms with van der Waals surface area (Å²) >= 11 is 12.4. The highest BCUT2D eigenvalue weighted by molar-refractivity contribution is 7.85. The van der Waals surface area contributed by atoms with Crippen LogP contribution < -0.4 is 9.62 Å². The quantitative estimate of drug-likeness (QED) is 0.560. The molecule has 2 aliphatic heterocycles. The Labute approximate surface area is 214 Å². The average molecular weight is 529 g/mol. The summed E-state index contributed by atoms with van der Waals surface area (Å²) in [6.07, 6.45) is 6.49. The van der Waals surface area contributed by atoms with Gasteiger partial charge in [0, 0.05) is 55.1 Å². The van der Waals surface area contributed by atoms with Gasteiger partial charge in [-0.2, -0.15) is 0 Å². The van der Waals surface area contributed by atoms with Gasteiger partial charge in [-0.3, -0.25) is 9.80 Å². The molecule has 1 aromatic carbocycles. The minimum Gasteiger partial charge on any atom is -0.353 e. The maximum atomic E-state index is 14.2. The number of aromatic nitrogens is 1. The molecule has 2 atom stereocenters. The van der Waals surface area contributed by atoms with Crippen molar-refractivity contribution < 1.29 is 8.60 Å². The lowest BCUT2D eigenvalue weighted by molar-refractivity contribution is 0.0607.